The Labute approximate surface area is 219 Å². The van der Waals surface area contributed by atoms with E-state index in [1.165, 1.54) is 28.3 Å². The van der Waals surface area contributed by atoms with Crippen molar-refractivity contribution in [1.82, 2.24) is 4.90 Å². The molecule has 1 heterocycles. The molecule has 2 N–H and O–H groups in total. The number of benzene rings is 3. The molecule has 5 heteroatoms. The summed E-state index contributed by atoms with van der Waals surface area (Å²) in [5.74, 6) is -1.26. The number of carboxylic acids is 1. The van der Waals surface area contributed by atoms with E-state index in [-0.39, 0.29) is 17.1 Å². The van der Waals surface area contributed by atoms with Gasteiger partial charge in [-0.05, 0) is 74.1 Å². The van der Waals surface area contributed by atoms with Crippen LogP contribution in [0.3, 0.4) is 0 Å². The molecule has 0 spiro atoms. The Kier molecular flexibility index (Phi) is 8.24. The van der Waals surface area contributed by atoms with E-state index in [2.05, 4.69) is 53.4 Å². The Balaban J connectivity index is 1.35. The largest absolute Gasteiger partial charge is 0.507 e. The maximum Gasteiger partial charge on any atom is 0.313 e. The fourth-order valence-corrected chi connectivity index (χ4v) is 4.96. The average Bonchev–Trinajstić information content (AvgIpc) is 2.90. The standard InChI is InChI=1S/C32H35NO4/c1-32(2,31(36)37)26-15-16-27(29(35)22-26)28(34)14-9-19-33-20-17-25(18-21-33)30(23-10-5-3-6-11-23)24-12-7-4-8-13-24/h3-8,10-13,15-16,22,35H,9,14,17-21H2,1-2H3,(H,36,37). The molecule has 192 valence electrons. The van der Waals surface area contributed by atoms with Crippen LogP contribution in [-0.4, -0.2) is 46.5 Å². The highest BCUT2D eigenvalue weighted by Crippen LogP contribution is 2.33. The van der Waals surface area contributed by atoms with Crippen molar-refractivity contribution in [1.29, 1.82) is 0 Å². The van der Waals surface area contributed by atoms with Crippen molar-refractivity contribution in [2.45, 2.75) is 44.9 Å². The monoisotopic (exact) mass is 497 g/mol. The van der Waals surface area contributed by atoms with Crippen LogP contribution in [-0.2, 0) is 10.2 Å². The topological polar surface area (TPSA) is 77.8 Å². The maximum absolute atomic E-state index is 12.8. The van der Waals surface area contributed by atoms with E-state index in [0.717, 1.165) is 32.5 Å². The van der Waals surface area contributed by atoms with Crippen LogP contribution < -0.4 is 0 Å². The highest BCUT2D eigenvalue weighted by atomic mass is 16.4. The first-order valence-electron chi connectivity index (χ1n) is 12.9. The lowest BCUT2D eigenvalue weighted by Crippen LogP contribution is -2.32. The van der Waals surface area contributed by atoms with Gasteiger partial charge in [0.15, 0.2) is 5.78 Å². The van der Waals surface area contributed by atoms with E-state index >= 15 is 0 Å². The molecule has 1 aliphatic heterocycles. The van der Waals surface area contributed by atoms with E-state index in [4.69, 9.17) is 0 Å². The number of hydrogen-bond donors (Lipinski definition) is 2. The SMILES string of the molecule is CC(C)(C(=O)O)c1ccc(C(=O)CCCN2CCC(=C(c3ccccc3)c3ccccc3)CC2)c(O)c1. The Morgan fingerprint density at radius 3 is 1.95 bits per heavy atom. The minimum absolute atomic E-state index is 0.120. The Bertz CT molecular complexity index is 1230. The summed E-state index contributed by atoms with van der Waals surface area (Å²) in [5.41, 5.74) is 4.89. The van der Waals surface area contributed by atoms with Gasteiger partial charge in [-0.1, -0.05) is 72.3 Å². The van der Waals surface area contributed by atoms with Gasteiger partial charge in [0.25, 0.3) is 0 Å². The number of piperidine rings is 1. The predicted octanol–water partition coefficient (Wildman–Crippen LogP) is 6.32. The summed E-state index contributed by atoms with van der Waals surface area (Å²) in [7, 11) is 0. The summed E-state index contributed by atoms with van der Waals surface area (Å²) in [5, 5.41) is 19.8. The van der Waals surface area contributed by atoms with Crippen LogP contribution in [0.1, 0.15) is 66.6 Å². The quantitative estimate of drug-likeness (QED) is 0.339. The van der Waals surface area contributed by atoms with Crippen LogP contribution in [0.2, 0.25) is 0 Å². The molecule has 0 aliphatic carbocycles. The lowest BCUT2D eigenvalue weighted by molar-refractivity contribution is -0.142. The number of carboxylic acid groups (broad SMARTS) is 1. The molecule has 4 rings (SSSR count). The number of carbonyl (C=O) groups is 2. The Morgan fingerprint density at radius 2 is 1.43 bits per heavy atom. The number of ketones is 1. The van der Waals surface area contributed by atoms with Crippen molar-refractivity contribution in [2.24, 2.45) is 0 Å². The fourth-order valence-electron chi connectivity index (χ4n) is 4.96. The van der Waals surface area contributed by atoms with Crippen molar-refractivity contribution in [3.05, 3.63) is 107 Å². The lowest BCUT2D eigenvalue weighted by atomic mass is 9.84. The molecule has 0 amide bonds. The molecule has 0 atom stereocenters. The number of Topliss-reactive ketones (excluding diaryl/α,β-unsaturated/α-hetero) is 1. The zero-order valence-corrected chi connectivity index (χ0v) is 21.6. The number of hydrogen-bond acceptors (Lipinski definition) is 4. The summed E-state index contributed by atoms with van der Waals surface area (Å²) in [6.45, 7) is 5.89. The third-order valence-corrected chi connectivity index (χ3v) is 7.37. The zero-order valence-electron chi connectivity index (χ0n) is 21.6. The highest BCUT2D eigenvalue weighted by molar-refractivity contribution is 5.98. The first-order chi connectivity index (χ1) is 17.8. The molecule has 0 bridgehead atoms. The van der Waals surface area contributed by atoms with E-state index in [9.17, 15) is 19.8 Å². The number of phenols is 1. The van der Waals surface area contributed by atoms with Gasteiger partial charge in [-0.3, -0.25) is 9.59 Å². The van der Waals surface area contributed by atoms with Crippen molar-refractivity contribution in [3.8, 4) is 5.75 Å². The van der Waals surface area contributed by atoms with Crippen LogP contribution in [0.4, 0.5) is 0 Å². The van der Waals surface area contributed by atoms with Gasteiger partial charge in [0.1, 0.15) is 5.75 Å². The van der Waals surface area contributed by atoms with E-state index < -0.39 is 11.4 Å². The Hall–Kier alpha value is -3.70. The molecule has 1 saturated heterocycles. The second kappa shape index (κ2) is 11.6. The molecule has 3 aromatic carbocycles. The van der Waals surface area contributed by atoms with Crippen molar-refractivity contribution in [2.75, 3.05) is 19.6 Å². The molecule has 1 aliphatic rings. The van der Waals surface area contributed by atoms with Gasteiger partial charge in [0.05, 0.1) is 11.0 Å². The summed E-state index contributed by atoms with van der Waals surface area (Å²) in [4.78, 5) is 26.6. The van der Waals surface area contributed by atoms with Crippen LogP contribution >= 0.6 is 0 Å². The van der Waals surface area contributed by atoms with E-state index in [0.29, 0.717) is 18.4 Å². The Morgan fingerprint density at radius 1 is 0.865 bits per heavy atom. The number of aromatic hydroxyl groups is 1. The maximum atomic E-state index is 12.8. The molecule has 0 aromatic heterocycles. The second-order valence-electron chi connectivity index (χ2n) is 10.2. The van der Waals surface area contributed by atoms with Crippen LogP contribution in [0.5, 0.6) is 5.75 Å². The van der Waals surface area contributed by atoms with Crippen molar-refractivity contribution >= 4 is 17.3 Å². The number of rotatable bonds is 9. The number of aliphatic carboxylic acids is 1. The molecular formula is C32H35NO4. The molecule has 5 nitrogen and oxygen atoms in total. The minimum Gasteiger partial charge on any atom is -0.507 e. The van der Waals surface area contributed by atoms with Crippen LogP contribution in [0.15, 0.2) is 84.4 Å². The summed E-state index contributed by atoms with van der Waals surface area (Å²) < 4.78 is 0. The van der Waals surface area contributed by atoms with Gasteiger partial charge in [0, 0.05) is 19.5 Å². The summed E-state index contributed by atoms with van der Waals surface area (Å²) >= 11 is 0. The van der Waals surface area contributed by atoms with Gasteiger partial charge in [-0.25, -0.2) is 0 Å². The summed E-state index contributed by atoms with van der Waals surface area (Å²) in [6, 6.07) is 25.7. The van der Waals surface area contributed by atoms with Gasteiger partial charge in [-0.2, -0.15) is 0 Å². The van der Waals surface area contributed by atoms with Gasteiger partial charge in [0.2, 0.25) is 0 Å². The third kappa shape index (κ3) is 6.17. The van der Waals surface area contributed by atoms with Crippen molar-refractivity contribution in [3.63, 3.8) is 0 Å². The number of nitrogens with zero attached hydrogens (tertiary/aromatic N) is 1. The normalized spacial score (nSPS) is 14.4. The molecule has 37 heavy (non-hydrogen) atoms. The smallest absolute Gasteiger partial charge is 0.313 e. The molecule has 0 radical (unpaired) electrons. The van der Waals surface area contributed by atoms with Gasteiger partial charge in [-0.15, -0.1) is 0 Å². The van der Waals surface area contributed by atoms with E-state index in [1.807, 2.05) is 12.1 Å². The second-order valence-corrected chi connectivity index (χ2v) is 10.2. The average molecular weight is 498 g/mol. The van der Waals surface area contributed by atoms with Crippen LogP contribution in [0, 0.1) is 0 Å². The molecule has 0 unspecified atom stereocenters. The molecular weight excluding hydrogens is 462 g/mol. The highest BCUT2D eigenvalue weighted by Gasteiger charge is 2.30. The van der Waals surface area contributed by atoms with Gasteiger partial charge < -0.3 is 15.1 Å². The number of phenolic OH excluding ortho intramolecular Hbond substituents is 1. The zero-order chi connectivity index (χ0) is 26.4. The number of likely N-dealkylation sites (tertiary alicyclic amines) is 1. The van der Waals surface area contributed by atoms with Crippen LogP contribution in [0.25, 0.3) is 5.57 Å². The fraction of sp³-hybridized carbons (Fsp3) is 0.312. The van der Waals surface area contributed by atoms with Gasteiger partial charge >= 0.3 is 5.97 Å². The first kappa shape index (κ1) is 26.4. The molecule has 0 saturated carbocycles. The van der Waals surface area contributed by atoms with Crippen molar-refractivity contribution < 1.29 is 19.8 Å². The number of carbonyl (C=O) groups excluding carboxylic acids is 1. The molecule has 3 aromatic rings. The minimum atomic E-state index is -1.14. The lowest BCUT2D eigenvalue weighted by Gasteiger charge is -2.30. The third-order valence-electron chi connectivity index (χ3n) is 7.37. The predicted molar refractivity (Wildman–Crippen MR) is 147 cm³/mol. The van der Waals surface area contributed by atoms with E-state index in [1.54, 1.807) is 26.0 Å². The first-order valence-corrected chi connectivity index (χ1v) is 12.9. The molecule has 1 fully saturated rings. The summed E-state index contributed by atoms with van der Waals surface area (Å²) in [6.07, 6.45) is 3.04.